The number of morpholine rings is 1. The second kappa shape index (κ2) is 10.1. The van der Waals surface area contributed by atoms with Crippen molar-refractivity contribution < 1.29 is 9.84 Å². The topological polar surface area (TPSA) is 78.5 Å². The highest BCUT2D eigenvalue weighted by atomic mass is 16.5. The van der Waals surface area contributed by atoms with Crippen molar-refractivity contribution >= 4 is 0 Å². The Labute approximate surface area is 181 Å². The number of aryl methyl sites for hydroxylation is 2. The van der Waals surface area contributed by atoms with E-state index in [9.17, 15) is 9.90 Å². The molecule has 0 atom stereocenters. The summed E-state index contributed by atoms with van der Waals surface area (Å²) in [5, 5.41) is 9.77. The molecule has 158 valence electrons. The zero-order chi connectivity index (χ0) is 21.5. The summed E-state index contributed by atoms with van der Waals surface area (Å²) in [5.74, 6) is 6.12. The van der Waals surface area contributed by atoms with Crippen molar-refractivity contribution in [2.45, 2.75) is 19.4 Å². The molecular weight excluding hydrogens is 390 g/mol. The van der Waals surface area contributed by atoms with Crippen LogP contribution in [0.2, 0.25) is 0 Å². The zero-order valence-corrected chi connectivity index (χ0v) is 17.3. The summed E-state index contributed by atoms with van der Waals surface area (Å²) in [5.41, 5.74) is 4.22. The number of aromatic hydroxyl groups is 1. The summed E-state index contributed by atoms with van der Waals surface area (Å²) in [7, 11) is 0. The lowest BCUT2D eigenvalue weighted by Crippen LogP contribution is -2.35. The Morgan fingerprint density at radius 1 is 0.935 bits per heavy atom. The summed E-state index contributed by atoms with van der Waals surface area (Å²) in [6.07, 6.45) is 2.49. The lowest BCUT2D eigenvalue weighted by Gasteiger charge is -2.26. The van der Waals surface area contributed by atoms with Gasteiger partial charge in [-0.05, 0) is 48.2 Å². The number of nitrogens with one attached hydrogen (secondary N) is 1. The molecule has 0 bridgehead atoms. The van der Waals surface area contributed by atoms with Crippen LogP contribution in [0, 0.1) is 11.8 Å². The molecule has 0 spiro atoms. The Kier molecular flexibility index (Phi) is 6.78. The lowest BCUT2D eigenvalue weighted by atomic mass is 10.1. The van der Waals surface area contributed by atoms with Gasteiger partial charge in [0.15, 0.2) is 0 Å². The van der Waals surface area contributed by atoms with Gasteiger partial charge in [-0.15, -0.1) is 0 Å². The van der Waals surface area contributed by atoms with E-state index in [2.05, 4.69) is 51.0 Å². The predicted molar refractivity (Wildman–Crippen MR) is 119 cm³/mol. The van der Waals surface area contributed by atoms with E-state index in [1.54, 1.807) is 0 Å². The molecule has 0 radical (unpaired) electrons. The maximum absolute atomic E-state index is 11.4. The number of rotatable bonds is 5. The first-order chi connectivity index (χ1) is 15.2. The van der Waals surface area contributed by atoms with Gasteiger partial charge in [-0.3, -0.25) is 9.69 Å². The number of hydrogen-bond donors (Lipinski definition) is 2. The van der Waals surface area contributed by atoms with Crippen LogP contribution in [-0.4, -0.2) is 46.3 Å². The van der Waals surface area contributed by atoms with Crippen LogP contribution in [0.1, 0.15) is 27.9 Å². The summed E-state index contributed by atoms with van der Waals surface area (Å²) >= 11 is 0. The molecular formula is C25H25N3O3. The second-order valence-corrected chi connectivity index (χ2v) is 7.56. The van der Waals surface area contributed by atoms with Gasteiger partial charge in [0.2, 0.25) is 5.75 Å². The van der Waals surface area contributed by atoms with E-state index in [1.807, 2.05) is 24.3 Å². The standard InChI is InChI=1S/C25H25N3O3/c29-24-23(26-18-27-25(24)30)12-11-21-5-3-19(4-6-21)1-2-20-7-9-22(10-8-20)17-28-13-15-31-16-14-28/h3-10,18,29H,11-17H2,(H,26,27,30). The van der Waals surface area contributed by atoms with E-state index in [-0.39, 0.29) is 5.75 Å². The van der Waals surface area contributed by atoms with Gasteiger partial charge >= 0.3 is 0 Å². The van der Waals surface area contributed by atoms with Crippen molar-refractivity contribution in [1.82, 2.24) is 14.9 Å². The smallest absolute Gasteiger partial charge is 0.293 e. The Morgan fingerprint density at radius 2 is 1.55 bits per heavy atom. The molecule has 6 heteroatoms. The molecule has 4 rings (SSSR count). The fourth-order valence-electron chi connectivity index (χ4n) is 3.49. The molecule has 31 heavy (non-hydrogen) atoms. The summed E-state index contributed by atoms with van der Waals surface area (Å²) in [6.45, 7) is 4.54. The SMILES string of the molecule is O=c1[nH]cnc(CCc2ccc(C#Cc3ccc(CN4CCOCC4)cc3)cc2)c1O. The van der Waals surface area contributed by atoms with Gasteiger partial charge < -0.3 is 14.8 Å². The van der Waals surface area contributed by atoms with E-state index in [4.69, 9.17) is 4.74 Å². The fraction of sp³-hybridized carbons (Fsp3) is 0.280. The monoisotopic (exact) mass is 415 g/mol. The molecule has 1 fully saturated rings. The average molecular weight is 415 g/mol. The van der Waals surface area contributed by atoms with Gasteiger partial charge in [0.25, 0.3) is 5.56 Å². The first-order valence-electron chi connectivity index (χ1n) is 10.4. The predicted octanol–water partition coefficient (Wildman–Crippen LogP) is 2.49. The Morgan fingerprint density at radius 3 is 2.19 bits per heavy atom. The van der Waals surface area contributed by atoms with Crippen LogP contribution in [0.3, 0.4) is 0 Å². The molecule has 6 nitrogen and oxygen atoms in total. The van der Waals surface area contributed by atoms with Gasteiger partial charge in [0.05, 0.1) is 25.2 Å². The van der Waals surface area contributed by atoms with Crippen molar-refractivity contribution in [3.63, 3.8) is 0 Å². The molecule has 0 amide bonds. The van der Waals surface area contributed by atoms with Crippen molar-refractivity contribution in [1.29, 1.82) is 0 Å². The molecule has 1 aromatic heterocycles. The van der Waals surface area contributed by atoms with Crippen molar-refractivity contribution in [2.24, 2.45) is 0 Å². The van der Waals surface area contributed by atoms with Gasteiger partial charge in [-0.2, -0.15) is 0 Å². The van der Waals surface area contributed by atoms with E-state index in [0.717, 1.165) is 49.5 Å². The molecule has 2 heterocycles. The lowest BCUT2D eigenvalue weighted by molar-refractivity contribution is 0.0342. The quantitative estimate of drug-likeness (QED) is 0.626. The van der Waals surface area contributed by atoms with Crippen LogP contribution in [0.15, 0.2) is 59.7 Å². The number of nitrogens with zero attached hydrogens (tertiary/aromatic N) is 2. The molecule has 0 aliphatic carbocycles. The number of ether oxygens (including phenoxy) is 1. The van der Waals surface area contributed by atoms with Crippen LogP contribution in [0.4, 0.5) is 0 Å². The minimum atomic E-state index is -0.509. The van der Waals surface area contributed by atoms with Crippen LogP contribution in [0.25, 0.3) is 0 Å². The summed E-state index contributed by atoms with van der Waals surface area (Å²) in [4.78, 5) is 20.2. The number of hydrogen-bond acceptors (Lipinski definition) is 5. The molecule has 0 unspecified atom stereocenters. The molecule has 1 saturated heterocycles. The summed E-state index contributed by atoms with van der Waals surface area (Å²) < 4.78 is 5.40. The fourth-order valence-corrected chi connectivity index (χ4v) is 3.49. The van der Waals surface area contributed by atoms with Gasteiger partial charge in [-0.1, -0.05) is 36.1 Å². The second-order valence-electron chi connectivity index (χ2n) is 7.56. The van der Waals surface area contributed by atoms with E-state index >= 15 is 0 Å². The normalized spacial score (nSPS) is 14.1. The zero-order valence-electron chi connectivity index (χ0n) is 17.3. The third kappa shape index (κ3) is 5.82. The van der Waals surface area contributed by atoms with Crippen LogP contribution >= 0.6 is 0 Å². The molecule has 2 N–H and O–H groups in total. The van der Waals surface area contributed by atoms with Gasteiger partial charge in [0, 0.05) is 30.8 Å². The molecule has 3 aromatic rings. The molecule has 2 aromatic carbocycles. The Balaban J connectivity index is 1.33. The van der Waals surface area contributed by atoms with E-state index in [1.165, 1.54) is 11.9 Å². The minimum Gasteiger partial charge on any atom is -0.502 e. The number of aromatic nitrogens is 2. The van der Waals surface area contributed by atoms with Crippen LogP contribution in [0.5, 0.6) is 5.75 Å². The largest absolute Gasteiger partial charge is 0.502 e. The van der Waals surface area contributed by atoms with Gasteiger partial charge in [0.1, 0.15) is 0 Å². The highest BCUT2D eigenvalue weighted by molar-refractivity contribution is 5.44. The average Bonchev–Trinajstić information content (AvgIpc) is 2.81. The van der Waals surface area contributed by atoms with E-state index in [0.29, 0.717) is 18.5 Å². The molecule has 1 aliphatic rings. The van der Waals surface area contributed by atoms with Gasteiger partial charge in [-0.25, -0.2) is 4.98 Å². The Hall–Kier alpha value is -3.40. The number of benzene rings is 2. The first kappa shape index (κ1) is 20.9. The minimum absolute atomic E-state index is 0.305. The molecule has 0 saturated carbocycles. The summed E-state index contributed by atoms with van der Waals surface area (Å²) in [6, 6.07) is 16.4. The third-order valence-corrected chi connectivity index (χ3v) is 5.32. The first-order valence-corrected chi connectivity index (χ1v) is 10.4. The highest BCUT2D eigenvalue weighted by Crippen LogP contribution is 2.12. The van der Waals surface area contributed by atoms with Crippen molar-refractivity contribution in [2.75, 3.05) is 26.3 Å². The van der Waals surface area contributed by atoms with E-state index < -0.39 is 5.56 Å². The highest BCUT2D eigenvalue weighted by Gasteiger charge is 2.10. The maximum Gasteiger partial charge on any atom is 0.293 e. The number of aromatic amines is 1. The van der Waals surface area contributed by atoms with Crippen molar-refractivity contribution in [3.05, 3.63) is 93.2 Å². The number of H-pyrrole nitrogens is 1. The van der Waals surface area contributed by atoms with Crippen LogP contribution in [-0.2, 0) is 24.1 Å². The van der Waals surface area contributed by atoms with Crippen LogP contribution < -0.4 is 5.56 Å². The third-order valence-electron chi connectivity index (χ3n) is 5.32. The maximum atomic E-state index is 11.4. The van der Waals surface area contributed by atoms with Crippen molar-refractivity contribution in [3.8, 4) is 17.6 Å². The molecule has 1 aliphatic heterocycles. The Bertz CT molecular complexity index is 1120.